The zero-order valence-corrected chi connectivity index (χ0v) is 8.14. The normalized spacial score (nSPS) is 11.0. The maximum atomic E-state index is 8.79. The van der Waals surface area contributed by atoms with Crippen molar-refractivity contribution in [1.29, 1.82) is 0 Å². The Balaban J connectivity index is 2.43. The van der Waals surface area contributed by atoms with Crippen LogP contribution in [0.1, 0.15) is 18.2 Å². The molecule has 2 aromatic heterocycles. The van der Waals surface area contributed by atoms with Gasteiger partial charge in [-0.15, -0.1) is 0 Å². The lowest BCUT2D eigenvalue weighted by Crippen LogP contribution is -1.97. The van der Waals surface area contributed by atoms with E-state index in [-0.39, 0.29) is 6.61 Å². The first kappa shape index (κ1) is 9.15. The van der Waals surface area contributed by atoms with Crippen LogP contribution in [0.25, 0.3) is 5.65 Å². The third kappa shape index (κ3) is 1.61. The molecule has 0 bridgehead atoms. The van der Waals surface area contributed by atoms with Gasteiger partial charge in [0.1, 0.15) is 0 Å². The van der Waals surface area contributed by atoms with E-state index in [1.165, 1.54) is 0 Å². The predicted molar refractivity (Wildman–Crippen MR) is 53.2 cm³/mol. The van der Waals surface area contributed by atoms with Crippen LogP contribution in [0.4, 0.5) is 0 Å². The van der Waals surface area contributed by atoms with Gasteiger partial charge < -0.3 is 5.11 Å². The molecule has 0 aromatic carbocycles. The molecule has 2 aromatic rings. The van der Waals surface area contributed by atoms with E-state index in [0.717, 1.165) is 23.3 Å². The zero-order chi connectivity index (χ0) is 9.97. The van der Waals surface area contributed by atoms with E-state index in [1.807, 2.05) is 12.3 Å². The first-order valence-electron chi connectivity index (χ1n) is 4.77. The van der Waals surface area contributed by atoms with Crippen LogP contribution in [0.2, 0.25) is 0 Å². The number of aliphatic hydroxyl groups excluding tert-OH is 1. The van der Waals surface area contributed by atoms with Crippen molar-refractivity contribution in [2.45, 2.75) is 19.8 Å². The molecule has 74 valence electrons. The molecule has 0 saturated carbocycles. The molecule has 0 atom stereocenters. The molecule has 0 radical (unpaired) electrons. The molecule has 0 aliphatic heterocycles. The molecule has 0 saturated heterocycles. The van der Waals surface area contributed by atoms with Crippen LogP contribution in [0.5, 0.6) is 0 Å². The topological polar surface area (TPSA) is 50.4 Å². The smallest absolute Gasteiger partial charge is 0.155 e. The summed E-state index contributed by atoms with van der Waals surface area (Å²) in [6.45, 7) is 2.21. The second-order valence-electron chi connectivity index (χ2n) is 3.23. The minimum atomic E-state index is 0.148. The van der Waals surface area contributed by atoms with Gasteiger partial charge in [0.2, 0.25) is 0 Å². The van der Waals surface area contributed by atoms with Gasteiger partial charge in [-0.2, -0.15) is 5.10 Å². The van der Waals surface area contributed by atoms with Crippen LogP contribution in [-0.4, -0.2) is 26.3 Å². The molecule has 0 aliphatic rings. The summed E-state index contributed by atoms with van der Waals surface area (Å²) >= 11 is 0. The third-order valence-corrected chi connectivity index (χ3v) is 2.18. The Hall–Kier alpha value is -1.42. The highest BCUT2D eigenvalue weighted by molar-refractivity contribution is 5.39. The Morgan fingerprint density at radius 2 is 2.36 bits per heavy atom. The number of aliphatic hydroxyl groups is 1. The lowest BCUT2D eigenvalue weighted by Gasteiger charge is -1.97. The van der Waals surface area contributed by atoms with Crippen LogP contribution < -0.4 is 0 Å². The van der Waals surface area contributed by atoms with Crippen molar-refractivity contribution in [3.05, 3.63) is 29.7 Å². The maximum Gasteiger partial charge on any atom is 0.155 e. The van der Waals surface area contributed by atoms with Crippen molar-refractivity contribution in [3.63, 3.8) is 0 Å². The number of hydrogen-bond acceptors (Lipinski definition) is 3. The van der Waals surface area contributed by atoms with Gasteiger partial charge in [0, 0.05) is 25.1 Å². The van der Waals surface area contributed by atoms with Gasteiger partial charge >= 0.3 is 0 Å². The Kier molecular flexibility index (Phi) is 2.45. The Morgan fingerprint density at radius 3 is 3.07 bits per heavy atom. The van der Waals surface area contributed by atoms with Crippen molar-refractivity contribution in [1.82, 2.24) is 14.6 Å². The van der Waals surface area contributed by atoms with Crippen molar-refractivity contribution >= 4 is 5.65 Å². The lowest BCUT2D eigenvalue weighted by molar-refractivity contribution is 0.299. The average Bonchev–Trinajstić information content (AvgIpc) is 2.60. The number of nitrogens with zero attached hydrogens (tertiary/aromatic N) is 3. The highest BCUT2D eigenvalue weighted by atomic mass is 16.2. The molecule has 4 heteroatoms. The molecular weight excluding hydrogens is 178 g/mol. The SMILES string of the molecule is CCc1cc2ncc(CCO)cn2n1. The molecule has 14 heavy (non-hydrogen) atoms. The van der Waals surface area contributed by atoms with E-state index in [4.69, 9.17) is 5.11 Å². The van der Waals surface area contributed by atoms with Crippen molar-refractivity contribution in [3.8, 4) is 0 Å². The minimum absolute atomic E-state index is 0.148. The monoisotopic (exact) mass is 191 g/mol. The van der Waals surface area contributed by atoms with Crippen molar-refractivity contribution in [2.75, 3.05) is 6.61 Å². The molecule has 1 N–H and O–H groups in total. The molecule has 0 aliphatic carbocycles. The van der Waals surface area contributed by atoms with Crippen molar-refractivity contribution in [2.24, 2.45) is 0 Å². The largest absolute Gasteiger partial charge is 0.396 e. The number of rotatable bonds is 3. The van der Waals surface area contributed by atoms with E-state index >= 15 is 0 Å². The molecule has 2 heterocycles. The summed E-state index contributed by atoms with van der Waals surface area (Å²) in [4.78, 5) is 4.26. The van der Waals surface area contributed by atoms with Crippen LogP contribution in [0.3, 0.4) is 0 Å². The van der Waals surface area contributed by atoms with Gasteiger partial charge in [0.05, 0.1) is 5.69 Å². The fraction of sp³-hybridized carbons (Fsp3) is 0.400. The second kappa shape index (κ2) is 3.75. The zero-order valence-electron chi connectivity index (χ0n) is 8.14. The van der Waals surface area contributed by atoms with E-state index in [2.05, 4.69) is 17.0 Å². The standard InChI is InChI=1S/C10H13N3O/c1-2-9-5-10-11-6-8(3-4-14)7-13(10)12-9/h5-7,14H,2-4H2,1H3. The highest BCUT2D eigenvalue weighted by Crippen LogP contribution is 2.06. The Labute approximate surface area is 82.2 Å². The number of hydrogen-bond donors (Lipinski definition) is 1. The lowest BCUT2D eigenvalue weighted by atomic mass is 10.2. The molecule has 4 nitrogen and oxygen atoms in total. The van der Waals surface area contributed by atoms with E-state index in [1.54, 1.807) is 10.7 Å². The predicted octanol–water partition coefficient (Wildman–Crippen LogP) is 0.826. The van der Waals surface area contributed by atoms with E-state index in [0.29, 0.717) is 6.42 Å². The summed E-state index contributed by atoms with van der Waals surface area (Å²) in [6, 6.07) is 1.97. The van der Waals surface area contributed by atoms with Crippen LogP contribution in [-0.2, 0) is 12.8 Å². The second-order valence-corrected chi connectivity index (χ2v) is 3.23. The van der Waals surface area contributed by atoms with Crippen LogP contribution >= 0.6 is 0 Å². The molecule has 0 amide bonds. The fourth-order valence-electron chi connectivity index (χ4n) is 1.40. The summed E-state index contributed by atoms with van der Waals surface area (Å²) in [5.74, 6) is 0. The molecule has 0 spiro atoms. The summed E-state index contributed by atoms with van der Waals surface area (Å²) < 4.78 is 1.77. The van der Waals surface area contributed by atoms with Gasteiger partial charge in [-0.1, -0.05) is 6.92 Å². The summed E-state index contributed by atoms with van der Waals surface area (Å²) in [7, 11) is 0. The van der Waals surface area contributed by atoms with Crippen LogP contribution in [0, 0.1) is 0 Å². The summed E-state index contributed by atoms with van der Waals surface area (Å²) in [5.41, 5.74) is 2.91. The van der Waals surface area contributed by atoms with Crippen LogP contribution in [0.15, 0.2) is 18.5 Å². The Morgan fingerprint density at radius 1 is 1.50 bits per heavy atom. The molecule has 2 rings (SSSR count). The Bertz CT molecular complexity index is 436. The van der Waals surface area contributed by atoms with Gasteiger partial charge in [-0.05, 0) is 18.4 Å². The summed E-state index contributed by atoms with van der Waals surface area (Å²) in [5, 5.41) is 13.1. The minimum Gasteiger partial charge on any atom is -0.396 e. The number of fused-ring (bicyclic) bond motifs is 1. The number of aryl methyl sites for hydroxylation is 1. The fourth-order valence-corrected chi connectivity index (χ4v) is 1.40. The van der Waals surface area contributed by atoms with E-state index < -0.39 is 0 Å². The molecule has 0 unspecified atom stereocenters. The van der Waals surface area contributed by atoms with E-state index in [9.17, 15) is 0 Å². The quantitative estimate of drug-likeness (QED) is 0.781. The molecule has 0 fully saturated rings. The number of aromatic nitrogens is 3. The molecular formula is C10H13N3O. The van der Waals surface area contributed by atoms with Gasteiger partial charge in [0.15, 0.2) is 5.65 Å². The van der Waals surface area contributed by atoms with Gasteiger partial charge in [-0.25, -0.2) is 9.50 Å². The maximum absolute atomic E-state index is 8.79. The van der Waals surface area contributed by atoms with Gasteiger partial charge in [-0.3, -0.25) is 0 Å². The average molecular weight is 191 g/mol. The van der Waals surface area contributed by atoms with Gasteiger partial charge in [0.25, 0.3) is 0 Å². The summed E-state index contributed by atoms with van der Waals surface area (Å²) in [6.07, 6.45) is 5.24. The van der Waals surface area contributed by atoms with Crippen molar-refractivity contribution < 1.29 is 5.11 Å². The first-order valence-corrected chi connectivity index (χ1v) is 4.77. The highest BCUT2D eigenvalue weighted by Gasteiger charge is 2.01. The first-order chi connectivity index (χ1) is 6.83. The third-order valence-electron chi connectivity index (χ3n) is 2.18.